The highest BCUT2D eigenvalue weighted by atomic mass is 16.5. The predicted octanol–water partition coefficient (Wildman–Crippen LogP) is 4.04. The van der Waals surface area contributed by atoms with Gasteiger partial charge in [0.15, 0.2) is 5.78 Å². The van der Waals surface area contributed by atoms with E-state index in [1.165, 1.54) is 0 Å². The van der Waals surface area contributed by atoms with Crippen molar-refractivity contribution in [3.8, 4) is 0 Å². The number of urea groups is 1. The number of aromatic nitrogens is 3. The van der Waals surface area contributed by atoms with Crippen molar-refractivity contribution in [2.45, 2.75) is 13.8 Å². The van der Waals surface area contributed by atoms with Gasteiger partial charge in [0.05, 0.1) is 5.69 Å². The van der Waals surface area contributed by atoms with Crippen molar-refractivity contribution in [3.05, 3.63) is 71.2 Å². The normalized spacial score (nSPS) is 10.8. The van der Waals surface area contributed by atoms with E-state index in [0.29, 0.717) is 28.2 Å². The number of fused-ring (bicyclic) bond motifs is 1. The third-order valence-electron chi connectivity index (χ3n) is 4.46. The van der Waals surface area contributed by atoms with Crippen LogP contribution in [0.4, 0.5) is 16.4 Å². The fourth-order valence-electron chi connectivity index (χ4n) is 2.83. The number of nitrogens with one attached hydrogen (secondary N) is 3. The molecular weight excluding hydrogens is 358 g/mol. The second kappa shape index (κ2) is 6.99. The van der Waals surface area contributed by atoms with Crippen molar-refractivity contribution >= 4 is 34.4 Å². The minimum atomic E-state index is -0.486. The van der Waals surface area contributed by atoms with E-state index in [0.717, 1.165) is 10.9 Å². The number of anilines is 2. The lowest BCUT2D eigenvalue weighted by Gasteiger charge is -2.07. The summed E-state index contributed by atoms with van der Waals surface area (Å²) in [7, 11) is 0. The number of amides is 2. The van der Waals surface area contributed by atoms with Crippen LogP contribution in [0.1, 0.15) is 27.2 Å². The maximum Gasteiger partial charge on any atom is 0.326 e. The van der Waals surface area contributed by atoms with Gasteiger partial charge in [-0.1, -0.05) is 17.3 Å². The molecule has 0 spiro atoms. The largest absolute Gasteiger partial charge is 0.345 e. The zero-order valence-electron chi connectivity index (χ0n) is 15.2. The Morgan fingerprint density at radius 1 is 1.11 bits per heavy atom. The van der Waals surface area contributed by atoms with E-state index in [2.05, 4.69) is 25.8 Å². The molecular formula is C20H17N5O3. The predicted molar refractivity (Wildman–Crippen MR) is 105 cm³/mol. The number of rotatable bonds is 4. The van der Waals surface area contributed by atoms with Gasteiger partial charge in [0.2, 0.25) is 5.88 Å². The first-order chi connectivity index (χ1) is 13.5. The van der Waals surface area contributed by atoms with Crippen LogP contribution >= 0.6 is 0 Å². The fourth-order valence-corrected chi connectivity index (χ4v) is 2.83. The zero-order chi connectivity index (χ0) is 19.7. The Morgan fingerprint density at radius 2 is 1.96 bits per heavy atom. The van der Waals surface area contributed by atoms with Gasteiger partial charge in [0.1, 0.15) is 5.65 Å². The molecule has 0 fully saturated rings. The van der Waals surface area contributed by atoms with Gasteiger partial charge in [-0.05, 0) is 38.1 Å². The topological polar surface area (TPSA) is 113 Å². The number of carbonyl (C=O) groups is 2. The summed E-state index contributed by atoms with van der Waals surface area (Å²) < 4.78 is 5.07. The maximum atomic E-state index is 12.9. The maximum absolute atomic E-state index is 12.9. The number of ketones is 1. The molecule has 3 heterocycles. The molecule has 140 valence electrons. The lowest BCUT2D eigenvalue weighted by molar-refractivity contribution is 0.104. The summed E-state index contributed by atoms with van der Waals surface area (Å²) in [5, 5.41) is 9.84. The molecule has 2 amide bonds. The second-order valence-corrected chi connectivity index (χ2v) is 6.31. The van der Waals surface area contributed by atoms with Gasteiger partial charge in [-0.3, -0.25) is 10.1 Å². The molecule has 4 aromatic rings. The Kier molecular flexibility index (Phi) is 4.36. The molecule has 4 rings (SSSR count). The molecule has 8 nitrogen and oxygen atoms in total. The molecule has 0 atom stereocenters. The summed E-state index contributed by atoms with van der Waals surface area (Å²) in [6.45, 7) is 3.59. The van der Waals surface area contributed by atoms with Gasteiger partial charge in [-0.25, -0.2) is 9.78 Å². The van der Waals surface area contributed by atoms with E-state index < -0.39 is 6.03 Å². The van der Waals surface area contributed by atoms with E-state index in [4.69, 9.17) is 4.52 Å². The van der Waals surface area contributed by atoms with Gasteiger partial charge >= 0.3 is 6.03 Å². The van der Waals surface area contributed by atoms with Crippen molar-refractivity contribution in [2.24, 2.45) is 0 Å². The number of pyridine rings is 1. The number of aromatic amines is 1. The molecule has 0 saturated heterocycles. The van der Waals surface area contributed by atoms with E-state index >= 15 is 0 Å². The van der Waals surface area contributed by atoms with E-state index in [1.54, 1.807) is 56.6 Å². The second-order valence-electron chi connectivity index (χ2n) is 6.31. The molecule has 0 bridgehead atoms. The highest BCUT2D eigenvalue weighted by Gasteiger charge is 2.16. The van der Waals surface area contributed by atoms with Gasteiger partial charge in [-0.15, -0.1) is 0 Å². The van der Waals surface area contributed by atoms with Crippen LogP contribution in [0.15, 0.2) is 53.3 Å². The Morgan fingerprint density at radius 3 is 2.75 bits per heavy atom. The SMILES string of the molecule is Cc1noc(NC(=O)Nc2cccc(C(=O)c3c[nH]c4ncccc34)c2)c1C. The first kappa shape index (κ1) is 17.5. The Balaban J connectivity index is 1.53. The van der Waals surface area contributed by atoms with Crippen LogP contribution in [0.5, 0.6) is 0 Å². The highest BCUT2D eigenvalue weighted by molar-refractivity contribution is 6.16. The van der Waals surface area contributed by atoms with E-state index in [1.807, 2.05) is 6.07 Å². The van der Waals surface area contributed by atoms with E-state index in [-0.39, 0.29) is 11.7 Å². The zero-order valence-corrected chi connectivity index (χ0v) is 15.2. The van der Waals surface area contributed by atoms with Crippen LogP contribution in [0, 0.1) is 13.8 Å². The molecule has 28 heavy (non-hydrogen) atoms. The van der Waals surface area contributed by atoms with Gasteiger partial charge < -0.3 is 14.8 Å². The summed E-state index contributed by atoms with van der Waals surface area (Å²) in [4.78, 5) is 32.3. The standard InChI is InChI=1S/C20H17N5O3/c1-11-12(2)25-28-19(11)24-20(27)23-14-6-3-5-13(9-14)17(26)16-10-22-18-15(16)7-4-8-21-18/h3-10H,1-2H3,(H,21,22)(H2,23,24,27). The summed E-state index contributed by atoms with van der Waals surface area (Å²) in [6.07, 6.45) is 3.30. The molecule has 3 N–H and O–H groups in total. The summed E-state index contributed by atoms with van der Waals surface area (Å²) in [5.74, 6) is 0.124. The first-order valence-electron chi connectivity index (χ1n) is 8.60. The van der Waals surface area contributed by atoms with Crippen LogP contribution in [-0.2, 0) is 0 Å². The van der Waals surface area contributed by atoms with Crippen LogP contribution in [0.25, 0.3) is 11.0 Å². The summed E-state index contributed by atoms with van der Waals surface area (Å²) in [5.41, 5.74) is 3.57. The molecule has 8 heteroatoms. The van der Waals surface area contributed by atoms with Crippen LogP contribution in [0.3, 0.4) is 0 Å². The Bertz CT molecular complexity index is 1190. The van der Waals surface area contributed by atoms with Crippen LogP contribution in [-0.4, -0.2) is 26.9 Å². The monoisotopic (exact) mass is 375 g/mol. The average molecular weight is 375 g/mol. The first-order valence-corrected chi connectivity index (χ1v) is 8.60. The number of carbonyl (C=O) groups excluding carboxylic acids is 2. The summed E-state index contributed by atoms with van der Waals surface area (Å²) >= 11 is 0. The third kappa shape index (κ3) is 3.23. The molecule has 0 unspecified atom stereocenters. The van der Waals surface area contributed by atoms with Crippen molar-refractivity contribution in [2.75, 3.05) is 10.6 Å². The molecule has 3 aromatic heterocycles. The lowest BCUT2D eigenvalue weighted by atomic mass is 10.0. The van der Waals surface area contributed by atoms with Crippen molar-refractivity contribution in [1.82, 2.24) is 15.1 Å². The van der Waals surface area contributed by atoms with E-state index in [9.17, 15) is 9.59 Å². The van der Waals surface area contributed by atoms with Crippen LogP contribution < -0.4 is 10.6 Å². The minimum Gasteiger partial charge on any atom is -0.345 e. The number of aryl methyl sites for hydroxylation is 1. The van der Waals surface area contributed by atoms with Crippen molar-refractivity contribution < 1.29 is 14.1 Å². The smallest absolute Gasteiger partial charge is 0.326 e. The average Bonchev–Trinajstić information content (AvgIpc) is 3.26. The van der Waals surface area contributed by atoms with Crippen LogP contribution in [0.2, 0.25) is 0 Å². The van der Waals surface area contributed by atoms with Gasteiger partial charge in [0.25, 0.3) is 0 Å². The summed E-state index contributed by atoms with van der Waals surface area (Å²) in [6, 6.07) is 9.86. The third-order valence-corrected chi connectivity index (χ3v) is 4.46. The van der Waals surface area contributed by atoms with Gasteiger partial charge in [-0.2, -0.15) is 0 Å². The number of benzene rings is 1. The quantitative estimate of drug-likeness (QED) is 0.466. The lowest BCUT2D eigenvalue weighted by Crippen LogP contribution is -2.19. The number of H-pyrrole nitrogens is 1. The molecule has 0 aliphatic rings. The van der Waals surface area contributed by atoms with Gasteiger partial charge in [0, 0.05) is 40.2 Å². The molecule has 0 aliphatic carbocycles. The fraction of sp³-hybridized carbons (Fsp3) is 0.100. The van der Waals surface area contributed by atoms with Crippen molar-refractivity contribution in [1.29, 1.82) is 0 Å². The minimum absolute atomic E-state index is 0.162. The molecule has 0 saturated carbocycles. The Hall–Kier alpha value is -3.94. The number of nitrogens with zero attached hydrogens (tertiary/aromatic N) is 2. The Labute approximate surface area is 160 Å². The highest BCUT2D eigenvalue weighted by Crippen LogP contribution is 2.22. The molecule has 0 radical (unpaired) electrons. The molecule has 0 aliphatic heterocycles. The van der Waals surface area contributed by atoms with Crippen molar-refractivity contribution in [3.63, 3.8) is 0 Å². The molecule has 1 aromatic carbocycles. The number of hydrogen-bond donors (Lipinski definition) is 3. The number of hydrogen-bond acceptors (Lipinski definition) is 5.